The van der Waals surface area contributed by atoms with Crippen molar-refractivity contribution in [2.75, 3.05) is 45.8 Å². The van der Waals surface area contributed by atoms with E-state index >= 15 is 0 Å². The van der Waals surface area contributed by atoms with Crippen molar-refractivity contribution in [2.24, 2.45) is 16.3 Å². The van der Waals surface area contributed by atoms with Gasteiger partial charge in [-0.25, -0.2) is 0 Å². The summed E-state index contributed by atoms with van der Waals surface area (Å²) in [5.74, 6) is 2.00. The summed E-state index contributed by atoms with van der Waals surface area (Å²) in [7, 11) is 0. The highest BCUT2D eigenvalue weighted by molar-refractivity contribution is 5.80. The number of nitrogens with zero attached hydrogens (tertiary/aromatic N) is 3. The summed E-state index contributed by atoms with van der Waals surface area (Å²) < 4.78 is 0. The maximum absolute atomic E-state index is 4.93. The molecule has 1 N–H and O–H groups in total. The van der Waals surface area contributed by atoms with Gasteiger partial charge in [-0.1, -0.05) is 13.3 Å². The Morgan fingerprint density at radius 3 is 2.64 bits per heavy atom. The van der Waals surface area contributed by atoms with Gasteiger partial charge < -0.3 is 15.1 Å². The number of guanidine groups is 1. The van der Waals surface area contributed by atoms with Crippen LogP contribution in [0.4, 0.5) is 0 Å². The minimum Gasteiger partial charge on any atom is -0.357 e. The molecule has 0 radical (unpaired) electrons. The van der Waals surface area contributed by atoms with Crippen molar-refractivity contribution in [1.29, 1.82) is 0 Å². The first-order valence-electron chi connectivity index (χ1n) is 9.44. The van der Waals surface area contributed by atoms with Gasteiger partial charge in [-0.05, 0) is 63.5 Å². The lowest BCUT2D eigenvalue weighted by Gasteiger charge is -2.29. The Morgan fingerprint density at radius 2 is 1.95 bits per heavy atom. The molecule has 0 aromatic heterocycles. The van der Waals surface area contributed by atoms with E-state index < -0.39 is 0 Å². The van der Waals surface area contributed by atoms with Crippen molar-refractivity contribution >= 4 is 5.96 Å². The molecule has 3 aliphatic rings. The number of hydrogen-bond donors (Lipinski definition) is 1. The van der Waals surface area contributed by atoms with E-state index in [2.05, 4.69) is 29.0 Å². The Balaban J connectivity index is 1.50. The minimum atomic E-state index is 0.508. The van der Waals surface area contributed by atoms with E-state index in [1.807, 2.05) is 0 Å². The summed E-state index contributed by atoms with van der Waals surface area (Å²) in [4.78, 5) is 10.1. The molecule has 0 aromatic rings. The molecule has 4 nitrogen and oxygen atoms in total. The van der Waals surface area contributed by atoms with Crippen LogP contribution in [0.15, 0.2) is 4.99 Å². The molecule has 1 atom stereocenters. The quantitative estimate of drug-likeness (QED) is 0.625. The molecule has 0 bridgehead atoms. The fraction of sp³-hybridized carbons (Fsp3) is 0.944. The number of nitrogens with one attached hydrogen (secondary N) is 1. The minimum absolute atomic E-state index is 0.508. The third-order valence-corrected chi connectivity index (χ3v) is 5.60. The van der Waals surface area contributed by atoms with Gasteiger partial charge in [-0.15, -0.1) is 0 Å². The smallest absolute Gasteiger partial charge is 0.193 e. The van der Waals surface area contributed by atoms with Crippen molar-refractivity contribution in [1.82, 2.24) is 15.1 Å². The zero-order chi connectivity index (χ0) is 15.4. The molecule has 3 fully saturated rings. The third-order valence-electron chi connectivity index (χ3n) is 5.60. The van der Waals surface area contributed by atoms with Crippen LogP contribution in [0.25, 0.3) is 0 Å². The molecular weight excluding hydrogens is 272 g/mol. The Bertz CT molecular complexity index is 383. The highest BCUT2D eigenvalue weighted by atomic mass is 15.3. The van der Waals surface area contributed by atoms with Crippen LogP contribution < -0.4 is 5.32 Å². The molecule has 1 unspecified atom stereocenters. The second-order valence-electron chi connectivity index (χ2n) is 7.94. The van der Waals surface area contributed by atoms with Gasteiger partial charge >= 0.3 is 0 Å². The van der Waals surface area contributed by atoms with E-state index in [4.69, 9.17) is 4.99 Å². The largest absolute Gasteiger partial charge is 0.357 e. The molecule has 22 heavy (non-hydrogen) atoms. The summed E-state index contributed by atoms with van der Waals surface area (Å²) in [6.45, 7) is 12.8. The normalized spacial score (nSPS) is 28.9. The fourth-order valence-electron chi connectivity index (χ4n) is 3.74. The van der Waals surface area contributed by atoms with E-state index in [1.54, 1.807) is 0 Å². The number of aliphatic imine (C=N–C) groups is 1. The second kappa shape index (κ2) is 7.20. The molecule has 3 rings (SSSR count). The maximum atomic E-state index is 4.93. The van der Waals surface area contributed by atoms with E-state index in [1.165, 1.54) is 71.2 Å². The molecule has 126 valence electrons. The zero-order valence-corrected chi connectivity index (χ0v) is 14.6. The fourth-order valence-corrected chi connectivity index (χ4v) is 3.74. The molecule has 0 amide bonds. The Kier molecular flexibility index (Phi) is 5.27. The van der Waals surface area contributed by atoms with Gasteiger partial charge in [-0.3, -0.25) is 4.99 Å². The van der Waals surface area contributed by atoms with Gasteiger partial charge in [0.05, 0.1) is 0 Å². The van der Waals surface area contributed by atoms with Gasteiger partial charge in [0.1, 0.15) is 0 Å². The van der Waals surface area contributed by atoms with Gasteiger partial charge in [0.25, 0.3) is 0 Å². The van der Waals surface area contributed by atoms with Gasteiger partial charge in [0.2, 0.25) is 0 Å². The summed E-state index contributed by atoms with van der Waals surface area (Å²) >= 11 is 0. The van der Waals surface area contributed by atoms with E-state index in [-0.39, 0.29) is 0 Å². The number of rotatable bonds is 5. The first kappa shape index (κ1) is 16.1. The van der Waals surface area contributed by atoms with Crippen LogP contribution in [0.3, 0.4) is 0 Å². The monoisotopic (exact) mass is 306 g/mol. The lowest BCUT2D eigenvalue weighted by molar-refractivity contribution is 0.198. The maximum Gasteiger partial charge on any atom is 0.193 e. The predicted octanol–water partition coefficient (Wildman–Crippen LogP) is 2.56. The SMILES string of the molecule is CCNC(=NCC1(C)CC1)N1CCC(CN2CCCCC2)C1. The van der Waals surface area contributed by atoms with Crippen LogP contribution >= 0.6 is 0 Å². The van der Waals surface area contributed by atoms with Crippen molar-refractivity contribution in [3.05, 3.63) is 0 Å². The molecule has 0 spiro atoms. The summed E-state index contributed by atoms with van der Waals surface area (Å²) in [6, 6.07) is 0. The van der Waals surface area contributed by atoms with Gasteiger partial charge in [0, 0.05) is 32.7 Å². The lowest BCUT2D eigenvalue weighted by Crippen LogP contribution is -2.41. The van der Waals surface area contributed by atoms with Crippen LogP contribution in [0, 0.1) is 11.3 Å². The van der Waals surface area contributed by atoms with Gasteiger partial charge in [0.15, 0.2) is 5.96 Å². The van der Waals surface area contributed by atoms with Crippen LogP contribution in [0.2, 0.25) is 0 Å². The van der Waals surface area contributed by atoms with E-state index in [0.29, 0.717) is 5.41 Å². The summed E-state index contributed by atoms with van der Waals surface area (Å²) in [6.07, 6.45) is 8.28. The van der Waals surface area contributed by atoms with Crippen molar-refractivity contribution in [3.63, 3.8) is 0 Å². The van der Waals surface area contributed by atoms with Crippen molar-refractivity contribution in [3.8, 4) is 0 Å². The highest BCUT2D eigenvalue weighted by Gasteiger charge is 2.37. The molecular formula is C18H34N4. The summed E-state index contributed by atoms with van der Waals surface area (Å²) in [5.41, 5.74) is 0.508. The molecule has 0 aromatic carbocycles. The van der Waals surface area contributed by atoms with Crippen LogP contribution in [0.5, 0.6) is 0 Å². The summed E-state index contributed by atoms with van der Waals surface area (Å²) in [5, 5.41) is 3.51. The van der Waals surface area contributed by atoms with E-state index in [0.717, 1.165) is 25.0 Å². The Morgan fingerprint density at radius 1 is 1.18 bits per heavy atom. The number of hydrogen-bond acceptors (Lipinski definition) is 2. The van der Waals surface area contributed by atoms with Crippen molar-refractivity contribution in [2.45, 2.75) is 52.4 Å². The number of piperidine rings is 1. The van der Waals surface area contributed by atoms with E-state index in [9.17, 15) is 0 Å². The average molecular weight is 306 g/mol. The molecule has 2 saturated heterocycles. The molecule has 4 heteroatoms. The first-order chi connectivity index (χ1) is 10.7. The van der Waals surface area contributed by atoms with Crippen molar-refractivity contribution < 1.29 is 0 Å². The lowest BCUT2D eigenvalue weighted by atomic mass is 10.1. The first-order valence-corrected chi connectivity index (χ1v) is 9.44. The molecule has 1 saturated carbocycles. The second-order valence-corrected chi connectivity index (χ2v) is 7.94. The standard InChI is InChI=1S/C18H34N4/c1-3-19-17(20-15-18(2)8-9-18)22-12-7-16(14-22)13-21-10-5-4-6-11-21/h16H,3-15H2,1-2H3,(H,19,20). The molecule has 1 aliphatic carbocycles. The molecule has 2 heterocycles. The zero-order valence-electron chi connectivity index (χ0n) is 14.6. The molecule has 2 aliphatic heterocycles. The van der Waals surface area contributed by atoms with Crippen LogP contribution in [0.1, 0.15) is 52.4 Å². The van der Waals surface area contributed by atoms with Gasteiger partial charge in [-0.2, -0.15) is 0 Å². The highest BCUT2D eigenvalue weighted by Crippen LogP contribution is 2.45. The predicted molar refractivity (Wildman–Crippen MR) is 93.3 cm³/mol. The Labute approximate surface area is 136 Å². The number of likely N-dealkylation sites (tertiary alicyclic amines) is 2. The topological polar surface area (TPSA) is 30.9 Å². The Hall–Kier alpha value is -0.770. The van der Waals surface area contributed by atoms with Crippen LogP contribution in [-0.4, -0.2) is 61.6 Å². The third kappa shape index (κ3) is 4.37. The average Bonchev–Trinajstić information content (AvgIpc) is 3.08. The van der Waals surface area contributed by atoms with Crippen LogP contribution in [-0.2, 0) is 0 Å².